The molecule has 0 saturated heterocycles. The topological polar surface area (TPSA) is 46.2 Å². The molecular formula is C20H18BrNO2S. The lowest BCUT2D eigenvalue weighted by molar-refractivity contribution is 0.579. The van der Waals surface area contributed by atoms with Gasteiger partial charge in [-0.3, -0.25) is 0 Å². The molecule has 4 rings (SSSR count). The monoisotopic (exact) mass is 415 g/mol. The minimum Gasteiger partial charge on any atom is -0.207 e. The zero-order chi connectivity index (χ0) is 17.4. The van der Waals surface area contributed by atoms with E-state index in [0.717, 1.165) is 45.6 Å². The highest BCUT2D eigenvalue weighted by Crippen LogP contribution is 2.38. The summed E-state index contributed by atoms with van der Waals surface area (Å²) in [6.45, 7) is 0.292. The first-order valence-electron chi connectivity index (χ1n) is 8.33. The summed E-state index contributed by atoms with van der Waals surface area (Å²) in [6, 6.07) is 17.5. The van der Waals surface area contributed by atoms with Crippen LogP contribution < -0.4 is 4.72 Å². The van der Waals surface area contributed by atoms with Gasteiger partial charge in [0, 0.05) is 11.0 Å². The van der Waals surface area contributed by atoms with Crippen molar-refractivity contribution in [3.8, 4) is 0 Å². The number of halogens is 1. The van der Waals surface area contributed by atoms with Crippen LogP contribution in [0.4, 0.5) is 0 Å². The Morgan fingerprint density at radius 1 is 1.00 bits per heavy atom. The molecule has 0 aromatic heterocycles. The van der Waals surface area contributed by atoms with Crippen molar-refractivity contribution in [1.29, 1.82) is 0 Å². The molecule has 0 heterocycles. The second-order valence-electron chi connectivity index (χ2n) is 6.34. The molecule has 0 fully saturated rings. The van der Waals surface area contributed by atoms with Crippen LogP contribution in [-0.2, 0) is 29.4 Å². The Kier molecular flexibility index (Phi) is 4.40. The average Bonchev–Trinajstić information content (AvgIpc) is 2.64. The summed E-state index contributed by atoms with van der Waals surface area (Å²) < 4.78 is 29.6. The number of hydrogen-bond donors (Lipinski definition) is 1. The zero-order valence-corrected chi connectivity index (χ0v) is 16.0. The molecule has 0 spiro atoms. The van der Waals surface area contributed by atoms with Crippen molar-refractivity contribution in [2.75, 3.05) is 0 Å². The normalized spacial score (nSPS) is 14.0. The number of hydrogen-bond acceptors (Lipinski definition) is 2. The Morgan fingerprint density at radius 2 is 1.80 bits per heavy atom. The predicted molar refractivity (Wildman–Crippen MR) is 104 cm³/mol. The molecule has 0 unspecified atom stereocenters. The summed E-state index contributed by atoms with van der Waals surface area (Å²) >= 11 is 3.57. The zero-order valence-electron chi connectivity index (χ0n) is 13.6. The van der Waals surface area contributed by atoms with Crippen LogP contribution in [-0.4, -0.2) is 8.42 Å². The van der Waals surface area contributed by atoms with Gasteiger partial charge in [0.05, 0.1) is 4.90 Å². The first-order chi connectivity index (χ1) is 12.1. The van der Waals surface area contributed by atoms with E-state index in [1.54, 1.807) is 6.07 Å². The molecule has 1 aliphatic carbocycles. The van der Waals surface area contributed by atoms with Crippen LogP contribution in [0, 0.1) is 0 Å². The van der Waals surface area contributed by atoms with E-state index in [4.69, 9.17) is 0 Å². The Morgan fingerprint density at radius 3 is 2.60 bits per heavy atom. The Bertz CT molecular complexity index is 1050. The predicted octanol–water partition coefficient (Wildman–Crippen LogP) is 4.57. The summed E-state index contributed by atoms with van der Waals surface area (Å²) in [5, 5.41) is 2.19. The molecular weight excluding hydrogens is 398 g/mol. The number of nitrogens with one attached hydrogen (secondary N) is 1. The number of benzene rings is 3. The molecule has 3 aromatic carbocycles. The molecule has 1 N–H and O–H groups in total. The molecule has 0 amide bonds. The van der Waals surface area contributed by atoms with E-state index in [1.807, 2.05) is 42.5 Å². The fourth-order valence-corrected chi connectivity index (χ4v) is 5.59. The third kappa shape index (κ3) is 3.12. The molecule has 128 valence electrons. The van der Waals surface area contributed by atoms with E-state index in [9.17, 15) is 8.42 Å². The molecule has 0 bridgehead atoms. The van der Waals surface area contributed by atoms with E-state index in [2.05, 4.69) is 26.7 Å². The maximum atomic E-state index is 13.0. The third-order valence-electron chi connectivity index (χ3n) is 4.74. The summed E-state index contributed by atoms with van der Waals surface area (Å²) in [7, 11) is -3.58. The van der Waals surface area contributed by atoms with Gasteiger partial charge in [-0.15, -0.1) is 0 Å². The van der Waals surface area contributed by atoms with Crippen LogP contribution in [0.25, 0.3) is 10.8 Å². The first kappa shape index (κ1) is 16.8. The first-order valence-corrected chi connectivity index (χ1v) is 10.6. The second-order valence-corrected chi connectivity index (χ2v) is 8.93. The van der Waals surface area contributed by atoms with Crippen molar-refractivity contribution in [3.63, 3.8) is 0 Å². The van der Waals surface area contributed by atoms with Crippen LogP contribution in [0.1, 0.15) is 23.1 Å². The van der Waals surface area contributed by atoms with Crippen molar-refractivity contribution >= 4 is 36.7 Å². The SMILES string of the molecule is O=S(=O)(NCc1ccccc1)c1cc(Br)c2cccc3c2c1CCC3. The molecule has 3 aromatic rings. The number of sulfonamides is 1. The minimum atomic E-state index is -3.58. The maximum Gasteiger partial charge on any atom is 0.241 e. The molecule has 25 heavy (non-hydrogen) atoms. The number of aryl methyl sites for hydroxylation is 2. The van der Waals surface area contributed by atoms with E-state index in [1.165, 1.54) is 5.56 Å². The molecule has 1 aliphatic rings. The van der Waals surface area contributed by atoms with Gasteiger partial charge in [-0.25, -0.2) is 13.1 Å². The van der Waals surface area contributed by atoms with Gasteiger partial charge in [0.1, 0.15) is 0 Å². The fraction of sp³-hybridized carbons (Fsp3) is 0.200. The quantitative estimate of drug-likeness (QED) is 0.678. The van der Waals surface area contributed by atoms with E-state index >= 15 is 0 Å². The summed E-state index contributed by atoms with van der Waals surface area (Å²) in [4.78, 5) is 0.398. The van der Waals surface area contributed by atoms with Gasteiger partial charge in [0.15, 0.2) is 0 Å². The van der Waals surface area contributed by atoms with Gasteiger partial charge in [-0.05, 0) is 52.8 Å². The lowest BCUT2D eigenvalue weighted by atomic mass is 9.89. The standard InChI is InChI=1S/C20H18BrNO2S/c21-18-12-19(25(23,24)22-13-14-6-2-1-3-7-14)17-11-5-9-15-8-4-10-16(18)20(15)17/h1-4,6-8,10,12,22H,5,9,11,13H2. The lowest BCUT2D eigenvalue weighted by Gasteiger charge is -2.21. The largest absolute Gasteiger partial charge is 0.241 e. The Hall–Kier alpha value is -1.69. The molecule has 0 aliphatic heterocycles. The molecule has 0 atom stereocenters. The molecule has 0 saturated carbocycles. The Balaban J connectivity index is 1.80. The second kappa shape index (κ2) is 6.56. The van der Waals surface area contributed by atoms with Crippen LogP contribution in [0.15, 0.2) is 64.0 Å². The molecule has 0 radical (unpaired) electrons. The summed E-state index contributed by atoms with van der Waals surface area (Å²) in [5.74, 6) is 0. The highest BCUT2D eigenvalue weighted by atomic mass is 79.9. The van der Waals surface area contributed by atoms with Crippen LogP contribution >= 0.6 is 15.9 Å². The maximum absolute atomic E-state index is 13.0. The number of rotatable bonds is 4. The highest BCUT2D eigenvalue weighted by Gasteiger charge is 2.25. The van der Waals surface area contributed by atoms with E-state index in [-0.39, 0.29) is 0 Å². The van der Waals surface area contributed by atoms with E-state index in [0.29, 0.717) is 11.4 Å². The third-order valence-corrected chi connectivity index (χ3v) is 6.86. The summed E-state index contributed by atoms with van der Waals surface area (Å²) in [5.41, 5.74) is 3.13. The molecule has 3 nitrogen and oxygen atoms in total. The van der Waals surface area contributed by atoms with Crippen molar-refractivity contribution in [3.05, 3.63) is 75.8 Å². The van der Waals surface area contributed by atoms with E-state index < -0.39 is 10.0 Å². The summed E-state index contributed by atoms with van der Waals surface area (Å²) in [6.07, 6.45) is 2.77. The van der Waals surface area contributed by atoms with Crippen LogP contribution in [0.3, 0.4) is 0 Å². The smallest absolute Gasteiger partial charge is 0.207 e. The highest BCUT2D eigenvalue weighted by molar-refractivity contribution is 9.10. The van der Waals surface area contributed by atoms with Gasteiger partial charge in [0.25, 0.3) is 0 Å². The van der Waals surface area contributed by atoms with Crippen molar-refractivity contribution in [2.24, 2.45) is 0 Å². The fourth-order valence-electron chi connectivity index (χ4n) is 3.56. The Labute approximate surface area is 156 Å². The van der Waals surface area contributed by atoms with Crippen molar-refractivity contribution in [2.45, 2.75) is 30.7 Å². The molecule has 5 heteroatoms. The van der Waals surface area contributed by atoms with Gasteiger partial charge in [-0.2, -0.15) is 0 Å². The van der Waals surface area contributed by atoms with Gasteiger partial charge in [0.2, 0.25) is 10.0 Å². The lowest BCUT2D eigenvalue weighted by Crippen LogP contribution is -2.25. The van der Waals surface area contributed by atoms with Crippen LogP contribution in [0.5, 0.6) is 0 Å². The van der Waals surface area contributed by atoms with Gasteiger partial charge < -0.3 is 0 Å². The van der Waals surface area contributed by atoms with Gasteiger partial charge >= 0.3 is 0 Å². The minimum absolute atomic E-state index is 0.292. The van der Waals surface area contributed by atoms with Crippen molar-refractivity contribution in [1.82, 2.24) is 4.72 Å². The van der Waals surface area contributed by atoms with Crippen molar-refractivity contribution < 1.29 is 8.42 Å². The van der Waals surface area contributed by atoms with Crippen LogP contribution in [0.2, 0.25) is 0 Å². The average molecular weight is 416 g/mol. The van der Waals surface area contributed by atoms with Gasteiger partial charge in [-0.1, -0.05) is 64.5 Å².